The minimum atomic E-state index is -5.13. The van der Waals surface area contributed by atoms with E-state index < -0.39 is 97.6 Å². The van der Waals surface area contributed by atoms with Crippen LogP contribution >= 0.6 is 0 Å². The molecule has 3 aliphatic heterocycles. The standard InChI is InChI=1S/C39H45F4N5O9S/c1-37(2,3)57-35(52)44-29-16-8-6-4-5-7-13-24-19-38(24,34(51)46-58(54,55)31-17-10-9-14-27(31)39(41,42)43)45-32(49)30-18-25(21-48(30)33(29)50)56-36(53)47-20-23-12-11-15-28(40)26(23)22-47/h7,9-15,17,24-25,29-30H,4-6,8,16,18-22H2,1-3H3,(H,44,52)(H,45,49)(H,46,51)/b13-7-/t24-,25+,29-,30-,38-/m0/s1. The largest absolute Gasteiger partial charge is 0.444 e. The molecule has 0 spiro atoms. The Morgan fingerprint density at radius 3 is 2.43 bits per heavy atom. The molecule has 6 rings (SSSR count). The van der Waals surface area contributed by atoms with Gasteiger partial charge in [0.15, 0.2) is 0 Å². The average Bonchev–Trinajstić information content (AvgIpc) is 3.42. The first kappa shape index (κ1) is 42.4. The number of rotatable bonds is 5. The van der Waals surface area contributed by atoms with Crippen molar-refractivity contribution in [2.24, 2.45) is 5.92 Å². The molecule has 3 heterocycles. The number of nitrogens with zero attached hydrogens (tertiary/aromatic N) is 2. The molecule has 14 nitrogen and oxygen atoms in total. The molecule has 5 atom stereocenters. The second-order valence-corrected chi connectivity index (χ2v) is 17.6. The van der Waals surface area contributed by atoms with E-state index in [0.29, 0.717) is 48.9 Å². The number of carbonyl (C=O) groups is 5. The first-order valence-electron chi connectivity index (χ1n) is 18.9. The van der Waals surface area contributed by atoms with Crippen LogP contribution in [0.4, 0.5) is 27.2 Å². The molecule has 314 valence electrons. The van der Waals surface area contributed by atoms with Gasteiger partial charge in [-0.2, -0.15) is 13.2 Å². The summed E-state index contributed by atoms with van der Waals surface area (Å²) in [5, 5.41) is 5.19. The average molecular weight is 836 g/mol. The topological polar surface area (TPSA) is 181 Å². The van der Waals surface area contributed by atoms with Crippen molar-refractivity contribution in [2.45, 2.75) is 119 Å². The van der Waals surface area contributed by atoms with E-state index in [-0.39, 0.29) is 38.9 Å². The van der Waals surface area contributed by atoms with Crippen LogP contribution in [0.15, 0.2) is 59.5 Å². The van der Waals surface area contributed by atoms with Gasteiger partial charge in [0.1, 0.15) is 35.1 Å². The highest BCUT2D eigenvalue weighted by atomic mass is 32.2. The number of amides is 5. The van der Waals surface area contributed by atoms with Gasteiger partial charge in [-0.25, -0.2) is 27.1 Å². The number of alkyl carbamates (subject to hydrolysis) is 1. The Labute approximate surface area is 332 Å². The number of hydrogen-bond acceptors (Lipinski definition) is 9. The van der Waals surface area contributed by atoms with Gasteiger partial charge in [-0.1, -0.05) is 49.3 Å². The Kier molecular flexibility index (Phi) is 11.9. The molecule has 2 aromatic carbocycles. The first-order chi connectivity index (χ1) is 27.2. The summed E-state index contributed by atoms with van der Waals surface area (Å²) in [6, 6.07) is 5.18. The van der Waals surface area contributed by atoms with Crippen molar-refractivity contribution in [1.82, 2.24) is 25.2 Å². The van der Waals surface area contributed by atoms with Gasteiger partial charge in [-0.05, 0) is 70.2 Å². The lowest BCUT2D eigenvalue weighted by atomic mass is 10.0. The summed E-state index contributed by atoms with van der Waals surface area (Å²) in [7, 11) is -5.13. The van der Waals surface area contributed by atoms with Crippen molar-refractivity contribution >= 4 is 39.9 Å². The van der Waals surface area contributed by atoms with Gasteiger partial charge in [0.25, 0.3) is 15.9 Å². The first-order valence-corrected chi connectivity index (χ1v) is 20.4. The number of hydrogen-bond donors (Lipinski definition) is 3. The normalized spacial score (nSPS) is 25.8. The molecule has 0 unspecified atom stereocenters. The fourth-order valence-electron chi connectivity index (χ4n) is 7.55. The molecular formula is C39H45F4N5O9S. The van der Waals surface area contributed by atoms with Gasteiger partial charge in [0.2, 0.25) is 11.8 Å². The zero-order chi connectivity index (χ0) is 42.2. The third-order valence-corrected chi connectivity index (χ3v) is 11.9. The Bertz CT molecular complexity index is 2110. The number of fused-ring (bicyclic) bond motifs is 3. The molecule has 0 aromatic heterocycles. The maximum Gasteiger partial charge on any atom is 0.417 e. The Morgan fingerprint density at radius 1 is 0.983 bits per heavy atom. The van der Waals surface area contributed by atoms with E-state index >= 15 is 0 Å². The van der Waals surface area contributed by atoms with Crippen molar-refractivity contribution in [1.29, 1.82) is 0 Å². The number of allylic oxidation sites excluding steroid dienone is 1. The second kappa shape index (κ2) is 16.2. The molecule has 1 saturated heterocycles. The van der Waals surface area contributed by atoms with Crippen LogP contribution in [-0.2, 0) is 53.1 Å². The summed E-state index contributed by atoms with van der Waals surface area (Å²) in [4.78, 5) is 70.1. The quantitative estimate of drug-likeness (QED) is 0.274. The molecule has 19 heteroatoms. The van der Waals surface area contributed by atoms with Crippen LogP contribution in [0.2, 0.25) is 0 Å². The van der Waals surface area contributed by atoms with Gasteiger partial charge < -0.3 is 25.0 Å². The predicted octanol–water partition coefficient (Wildman–Crippen LogP) is 5.06. The number of sulfonamides is 1. The van der Waals surface area contributed by atoms with Crippen LogP contribution in [0.25, 0.3) is 0 Å². The van der Waals surface area contributed by atoms with Crippen LogP contribution in [-0.4, -0.2) is 84.0 Å². The van der Waals surface area contributed by atoms with E-state index in [1.807, 2.05) is 0 Å². The Morgan fingerprint density at radius 2 is 1.72 bits per heavy atom. The van der Waals surface area contributed by atoms with Gasteiger partial charge in [-0.3, -0.25) is 19.3 Å². The van der Waals surface area contributed by atoms with Crippen molar-refractivity contribution in [3.8, 4) is 0 Å². The highest BCUT2D eigenvalue weighted by Gasteiger charge is 2.62. The lowest BCUT2D eigenvalue weighted by Crippen LogP contribution is -2.58. The highest BCUT2D eigenvalue weighted by molar-refractivity contribution is 7.90. The van der Waals surface area contributed by atoms with E-state index in [0.717, 1.165) is 17.0 Å². The van der Waals surface area contributed by atoms with E-state index in [1.165, 1.54) is 17.0 Å². The molecule has 58 heavy (non-hydrogen) atoms. The van der Waals surface area contributed by atoms with Crippen LogP contribution in [0.3, 0.4) is 0 Å². The van der Waals surface area contributed by atoms with Crippen molar-refractivity contribution in [3.05, 3.63) is 77.1 Å². The van der Waals surface area contributed by atoms with Gasteiger partial charge in [-0.15, -0.1) is 0 Å². The maximum atomic E-state index is 14.5. The summed E-state index contributed by atoms with van der Waals surface area (Å²) >= 11 is 0. The molecular weight excluding hydrogens is 791 g/mol. The Balaban J connectivity index is 1.28. The fraction of sp³-hybridized carbons (Fsp3) is 0.513. The number of alkyl halides is 3. The number of halogens is 4. The molecule has 3 N–H and O–H groups in total. The van der Waals surface area contributed by atoms with E-state index in [2.05, 4.69) is 10.6 Å². The number of ether oxygens (including phenoxy) is 2. The van der Waals surface area contributed by atoms with Gasteiger partial charge in [0.05, 0.1) is 23.5 Å². The molecule has 2 fully saturated rings. The maximum absolute atomic E-state index is 14.5. The predicted molar refractivity (Wildman–Crippen MR) is 197 cm³/mol. The molecule has 1 aliphatic carbocycles. The zero-order valence-electron chi connectivity index (χ0n) is 32.1. The van der Waals surface area contributed by atoms with Crippen LogP contribution < -0.4 is 15.4 Å². The smallest absolute Gasteiger partial charge is 0.417 e. The molecule has 5 amide bonds. The third kappa shape index (κ3) is 9.40. The summed E-state index contributed by atoms with van der Waals surface area (Å²) in [5.41, 5.74) is -3.45. The Hall–Kier alpha value is -5.20. The van der Waals surface area contributed by atoms with E-state index in [9.17, 15) is 50.0 Å². The fourth-order valence-corrected chi connectivity index (χ4v) is 8.81. The third-order valence-electron chi connectivity index (χ3n) is 10.5. The van der Waals surface area contributed by atoms with Crippen molar-refractivity contribution in [2.75, 3.05) is 6.54 Å². The van der Waals surface area contributed by atoms with Crippen molar-refractivity contribution < 1.29 is 59.4 Å². The molecule has 2 aromatic rings. The van der Waals surface area contributed by atoms with Crippen LogP contribution in [0.1, 0.15) is 82.4 Å². The van der Waals surface area contributed by atoms with Crippen molar-refractivity contribution in [3.63, 3.8) is 0 Å². The summed E-state index contributed by atoms with van der Waals surface area (Å²) in [5.74, 6) is -4.21. The highest BCUT2D eigenvalue weighted by Crippen LogP contribution is 2.46. The van der Waals surface area contributed by atoms with Crippen LogP contribution in [0, 0.1) is 11.7 Å². The molecule has 1 saturated carbocycles. The minimum Gasteiger partial charge on any atom is -0.444 e. The lowest BCUT2D eigenvalue weighted by molar-refractivity contribution is -0.141. The summed E-state index contributed by atoms with van der Waals surface area (Å²) in [6.45, 7) is 4.57. The van der Waals surface area contributed by atoms with Gasteiger partial charge in [0, 0.05) is 24.4 Å². The second-order valence-electron chi connectivity index (χ2n) is 15.9. The molecule has 0 radical (unpaired) electrons. The summed E-state index contributed by atoms with van der Waals surface area (Å²) < 4.78 is 95.4. The van der Waals surface area contributed by atoms with Crippen LogP contribution in [0.5, 0.6) is 0 Å². The number of benzene rings is 2. The lowest BCUT2D eigenvalue weighted by Gasteiger charge is -2.30. The van der Waals surface area contributed by atoms with Gasteiger partial charge >= 0.3 is 18.4 Å². The molecule has 0 bridgehead atoms. The molecule has 4 aliphatic rings. The monoisotopic (exact) mass is 835 g/mol. The van der Waals surface area contributed by atoms with E-state index in [4.69, 9.17) is 9.47 Å². The van der Waals surface area contributed by atoms with E-state index in [1.54, 1.807) is 43.7 Å². The summed E-state index contributed by atoms with van der Waals surface area (Å²) in [6.07, 6.45) is -2.56. The minimum absolute atomic E-state index is 0.0516. The number of carbonyl (C=O) groups excluding carboxylic acids is 5. The number of nitrogens with one attached hydrogen (secondary N) is 3. The SMILES string of the molecule is CC(C)(C)OC(=O)N[C@H]1CCCCC/C=C\[C@H]2C[C@]2(C(=O)NS(=O)(=O)c2ccccc2C(F)(F)F)NC(=O)[C@@H]2C[C@@H](OC(=O)N3Cc4cccc(F)c4C3)CN2C1=O. The zero-order valence-corrected chi connectivity index (χ0v) is 32.9.